The van der Waals surface area contributed by atoms with Crippen LogP contribution in [0.25, 0.3) is 0 Å². The molecule has 1 fully saturated rings. The van der Waals surface area contributed by atoms with Gasteiger partial charge >= 0.3 is 0 Å². The van der Waals surface area contributed by atoms with Gasteiger partial charge in [0.25, 0.3) is 0 Å². The van der Waals surface area contributed by atoms with Gasteiger partial charge in [-0.05, 0) is 58.4 Å². The van der Waals surface area contributed by atoms with Crippen molar-refractivity contribution in [3.63, 3.8) is 0 Å². The van der Waals surface area contributed by atoms with E-state index in [4.69, 9.17) is 4.74 Å². The quantitative estimate of drug-likeness (QED) is 0.356. The molecule has 0 amide bonds. The minimum atomic E-state index is 0. The molecule has 142 valence electrons. The first kappa shape index (κ1) is 22.0. The predicted molar refractivity (Wildman–Crippen MR) is 116 cm³/mol. The van der Waals surface area contributed by atoms with Gasteiger partial charge in [-0.25, -0.2) is 0 Å². The van der Waals surface area contributed by atoms with Gasteiger partial charge in [0.05, 0.1) is 6.54 Å². The first-order chi connectivity index (χ1) is 11.5. The van der Waals surface area contributed by atoms with E-state index >= 15 is 0 Å². The number of likely N-dealkylation sites (N-methyl/N-ethyl adjacent to an activating group) is 1. The van der Waals surface area contributed by atoms with E-state index in [0.717, 1.165) is 24.3 Å². The Morgan fingerprint density at radius 2 is 1.96 bits per heavy atom. The van der Waals surface area contributed by atoms with Crippen molar-refractivity contribution in [1.82, 2.24) is 15.5 Å². The Hall–Kier alpha value is -1.02. The van der Waals surface area contributed by atoms with E-state index in [1.54, 1.807) is 7.05 Å². The van der Waals surface area contributed by atoms with Crippen LogP contribution in [0.3, 0.4) is 0 Å². The number of guanidine groups is 1. The summed E-state index contributed by atoms with van der Waals surface area (Å²) >= 11 is 0. The van der Waals surface area contributed by atoms with Gasteiger partial charge in [-0.3, -0.25) is 9.89 Å². The van der Waals surface area contributed by atoms with E-state index in [1.807, 2.05) is 12.1 Å². The summed E-state index contributed by atoms with van der Waals surface area (Å²) in [6.45, 7) is 7.98. The molecule has 5 nitrogen and oxygen atoms in total. The van der Waals surface area contributed by atoms with E-state index in [-0.39, 0.29) is 30.1 Å². The van der Waals surface area contributed by atoms with Gasteiger partial charge in [-0.15, -0.1) is 24.0 Å². The number of halogens is 1. The second-order valence-corrected chi connectivity index (χ2v) is 6.82. The Kier molecular flexibility index (Phi) is 9.56. The number of benzene rings is 1. The number of aryl methyl sites for hydroxylation is 1. The summed E-state index contributed by atoms with van der Waals surface area (Å²) in [5.74, 6) is 1.73. The molecule has 0 spiro atoms. The lowest BCUT2D eigenvalue weighted by Gasteiger charge is -2.25. The smallest absolute Gasteiger partial charge is 0.191 e. The molecule has 2 atom stereocenters. The maximum Gasteiger partial charge on any atom is 0.191 e. The number of hydrogen-bond acceptors (Lipinski definition) is 3. The highest BCUT2D eigenvalue weighted by molar-refractivity contribution is 14.0. The predicted octanol–water partition coefficient (Wildman–Crippen LogP) is 3.03. The van der Waals surface area contributed by atoms with E-state index in [1.165, 1.54) is 18.4 Å². The fraction of sp³-hybridized carbons (Fsp3) is 0.632. The molecule has 0 aliphatic heterocycles. The molecule has 2 unspecified atom stereocenters. The normalized spacial score (nSPS) is 16.8. The maximum absolute atomic E-state index is 5.94. The number of nitrogens with zero attached hydrogens (tertiary/aromatic N) is 2. The van der Waals surface area contributed by atoms with Crippen molar-refractivity contribution in [3.05, 3.63) is 29.8 Å². The van der Waals surface area contributed by atoms with Crippen LogP contribution in [-0.4, -0.2) is 56.2 Å². The third kappa shape index (κ3) is 7.81. The average Bonchev–Trinajstić information content (AvgIpc) is 3.39. The summed E-state index contributed by atoms with van der Waals surface area (Å²) in [4.78, 5) is 6.74. The first-order valence-corrected chi connectivity index (χ1v) is 8.89. The lowest BCUT2D eigenvalue weighted by molar-refractivity contribution is 0.223. The summed E-state index contributed by atoms with van der Waals surface area (Å²) in [5, 5.41) is 6.74. The van der Waals surface area contributed by atoms with Crippen LogP contribution in [0.5, 0.6) is 5.75 Å². The Bertz CT molecular complexity index is 548. The summed E-state index contributed by atoms with van der Waals surface area (Å²) in [7, 11) is 4.01. The lowest BCUT2D eigenvalue weighted by Crippen LogP contribution is -2.47. The number of ether oxygens (including phenoxy) is 1. The van der Waals surface area contributed by atoms with Gasteiger partial charge in [0.1, 0.15) is 11.9 Å². The summed E-state index contributed by atoms with van der Waals surface area (Å²) in [5.41, 5.74) is 1.21. The van der Waals surface area contributed by atoms with Gasteiger partial charge in [0.15, 0.2) is 5.96 Å². The number of rotatable bonds is 8. The van der Waals surface area contributed by atoms with Gasteiger partial charge in [0, 0.05) is 25.7 Å². The van der Waals surface area contributed by atoms with Crippen LogP contribution in [0.2, 0.25) is 0 Å². The molecule has 1 aliphatic rings. The molecule has 1 aliphatic carbocycles. The minimum absolute atomic E-state index is 0. The molecule has 25 heavy (non-hydrogen) atoms. The van der Waals surface area contributed by atoms with E-state index < -0.39 is 0 Å². The number of aliphatic imine (C=N–C) groups is 1. The van der Waals surface area contributed by atoms with Crippen LogP contribution in [0.4, 0.5) is 0 Å². The molecule has 1 aromatic carbocycles. The molecule has 1 saturated carbocycles. The zero-order valence-electron chi connectivity index (χ0n) is 16.1. The van der Waals surface area contributed by atoms with Crippen molar-refractivity contribution in [2.75, 3.05) is 27.2 Å². The zero-order valence-corrected chi connectivity index (χ0v) is 18.4. The zero-order chi connectivity index (χ0) is 17.5. The first-order valence-electron chi connectivity index (χ1n) is 8.89. The third-order valence-corrected chi connectivity index (χ3v) is 4.49. The highest BCUT2D eigenvalue weighted by atomic mass is 127. The van der Waals surface area contributed by atoms with Crippen molar-refractivity contribution >= 4 is 29.9 Å². The molecule has 1 aromatic rings. The standard InChI is InChI=1S/C19H32N4O.HI/c1-14-7-6-8-18(11-14)24-16(3)13-22-19(20-4)21-12-15(2)23(5)17-9-10-17;/h6-8,11,15-17H,9-10,12-13H2,1-5H3,(H2,20,21,22);1H. The Morgan fingerprint density at radius 3 is 2.56 bits per heavy atom. The van der Waals surface area contributed by atoms with Crippen LogP contribution in [-0.2, 0) is 0 Å². The van der Waals surface area contributed by atoms with Crippen LogP contribution < -0.4 is 15.4 Å². The molecule has 6 heteroatoms. The van der Waals surface area contributed by atoms with Crippen LogP contribution >= 0.6 is 24.0 Å². The van der Waals surface area contributed by atoms with Crippen molar-refractivity contribution < 1.29 is 4.74 Å². The summed E-state index contributed by atoms with van der Waals surface area (Å²) < 4.78 is 5.94. The van der Waals surface area contributed by atoms with Crippen molar-refractivity contribution in [2.24, 2.45) is 4.99 Å². The summed E-state index contributed by atoms with van der Waals surface area (Å²) in [6.07, 6.45) is 2.74. The fourth-order valence-corrected chi connectivity index (χ4v) is 2.65. The van der Waals surface area contributed by atoms with Crippen molar-refractivity contribution in [1.29, 1.82) is 0 Å². The monoisotopic (exact) mass is 460 g/mol. The van der Waals surface area contributed by atoms with Gasteiger partial charge in [0.2, 0.25) is 0 Å². The summed E-state index contributed by atoms with van der Waals surface area (Å²) in [6, 6.07) is 9.41. The van der Waals surface area contributed by atoms with E-state index in [2.05, 4.69) is 60.5 Å². The van der Waals surface area contributed by atoms with E-state index in [0.29, 0.717) is 12.6 Å². The molecular weight excluding hydrogens is 427 g/mol. The molecule has 0 bridgehead atoms. The number of nitrogens with one attached hydrogen (secondary N) is 2. The van der Waals surface area contributed by atoms with Crippen LogP contribution in [0.15, 0.2) is 29.3 Å². The lowest BCUT2D eigenvalue weighted by atomic mass is 10.2. The van der Waals surface area contributed by atoms with Crippen molar-refractivity contribution in [2.45, 2.75) is 51.8 Å². The Labute approximate surface area is 169 Å². The van der Waals surface area contributed by atoms with Crippen LogP contribution in [0.1, 0.15) is 32.3 Å². The topological polar surface area (TPSA) is 48.9 Å². The highest BCUT2D eigenvalue weighted by Gasteiger charge is 2.28. The molecule has 0 heterocycles. The Balaban J connectivity index is 0.00000312. The second kappa shape index (κ2) is 10.9. The van der Waals surface area contributed by atoms with Crippen molar-refractivity contribution in [3.8, 4) is 5.75 Å². The minimum Gasteiger partial charge on any atom is -0.489 e. The molecule has 0 saturated heterocycles. The Morgan fingerprint density at radius 1 is 1.28 bits per heavy atom. The number of hydrogen-bond donors (Lipinski definition) is 2. The average molecular weight is 460 g/mol. The fourth-order valence-electron chi connectivity index (χ4n) is 2.65. The second-order valence-electron chi connectivity index (χ2n) is 6.82. The molecule has 0 radical (unpaired) electrons. The van der Waals surface area contributed by atoms with Gasteiger partial charge in [-0.1, -0.05) is 12.1 Å². The maximum atomic E-state index is 5.94. The van der Waals surface area contributed by atoms with Gasteiger partial charge < -0.3 is 15.4 Å². The van der Waals surface area contributed by atoms with Gasteiger partial charge in [-0.2, -0.15) is 0 Å². The molecular formula is C19H33IN4O. The van der Waals surface area contributed by atoms with Crippen LogP contribution in [0, 0.1) is 6.92 Å². The van der Waals surface area contributed by atoms with E-state index in [9.17, 15) is 0 Å². The largest absolute Gasteiger partial charge is 0.489 e. The molecule has 2 N–H and O–H groups in total. The molecule has 2 rings (SSSR count). The third-order valence-electron chi connectivity index (χ3n) is 4.49. The highest BCUT2D eigenvalue weighted by Crippen LogP contribution is 2.26. The SMILES string of the molecule is CN=C(NCC(C)Oc1cccc(C)c1)NCC(C)N(C)C1CC1.I. The molecule has 0 aromatic heterocycles.